The van der Waals surface area contributed by atoms with E-state index in [2.05, 4.69) is 12.1 Å². The molecule has 5 heteroatoms. The van der Waals surface area contributed by atoms with Gasteiger partial charge in [-0.15, -0.1) is 11.8 Å². The van der Waals surface area contributed by atoms with Gasteiger partial charge in [0, 0.05) is 48.7 Å². The first-order valence-corrected chi connectivity index (χ1v) is 9.11. The molecule has 0 N–H and O–H groups in total. The number of hydrogen-bond donors (Lipinski definition) is 0. The van der Waals surface area contributed by atoms with E-state index in [1.165, 1.54) is 4.90 Å². The second-order valence-corrected chi connectivity index (χ2v) is 8.00. The highest BCUT2D eigenvalue weighted by atomic mass is 32.2. The predicted octanol–water partition coefficient (Wildman–Crippen LogP) is 2.89. The quantitative estimate of drug-likeness (QED) is 0.795. The zero-order valence-electron chi connectivity index (χ0n) is 14.2. The zero-order chi connectivity index (χ0) is 16.9. The topological polar surface area (TPSA) is 40.6 Å². The molecule has 126 valence electrons. The summed E-state index contributed by atoms with van der Waals surface area (Å²) in [5.74, 6) is 1.16. The number of piperazine rings is 1. The van der Waals surface area contributed by atoms with Crippen molar-refractivity contribution in [2.24, 2.45) is 5.41 Å². The van der Waals surface area contributed by atoms with E-state index < -0.39 is 0 Å². The molecule has 0 aliphatic carbocycles. The summed E-state index contributed by atoms with van der Waals surface area (Å²) in [7, 11) is 0. The maximum Gasteiger partial charge on any atom is 0.228 e. The number of carbonyl (C=O) groups excluding carboxylic acids is 2. The summed E-state index contributed by atoms with van der Waals surface area (Å²) >= 11 is 1.71. The molecule has 1 saturated heterocycles. The van der Waals surface area contributed by atoms with Gasteiger partial charge in [-0.05, 0) is 12.1 Å². The smallest absolute Gasteiger partial charge is 0.228 e. The molecule has 1 aromatic rings. The van der Waals surface area contributed by atoms with Gasteiger partial charge in [0.15, 0.2) is 0 Å². The Kier molecular flexibility index (Phi) is 6.10. The van der Waals surface area contributed by atoms with Crippen molar-refractivity contribution in [3.05, 3.63) is 30.3 Å². The van der Waals surface area contributed by atoms with Gasteiger partial charge in [-0.3, -0.25) is 9.59 Å². The average molecular weight is 334 g/mol. The first-order valence-electron chi connectivity index (χ1n) is 8.13. The number of rotatable bonds is 4. The second kappa shape index (κ2) is 7.86. The molecule has 1 heterocycles. The lowest BCUT2D eigenvalue weighted by molar-refractivity contribution is -0.144. The predicted molar refractivity (Wildman–Crippen MR) is 94.4 cm³/mol. The van der Waals surface area contributed by atoms with Crippen molar-refractivity contribution in [3.8, 4) is 0 Å². The minimum Gasteiger partial charge on any atom is -0.339 e. The van der Waals surface area contributed by atoms with E-state index in [9.17, 15) is 9.59 Å². The Hall–Kier alpha value is -1.49. The van der Waals surface area contributed by atoms with Crippen LogP contribution in [-0.2, 0) is 9.59 Å². The highest BCUT2D eigenvalue weighted by Gasteiger charge is 2.30. The fraction of sp³-hybridized carbons (Fsp3) is 0.556. The number of amides is 2. The summed E-state index contributed by atoms with van der Waals surface area (Å²) in [5.41, 5.74) is -0.349. The molecule has 0 saturated carbocycles. The third-order valence-corrected chi connectivity index (χ3v) is 4.90. The molecule has 0 unspecified atom stereocenters. The van der Waals surface area contributed by atoms with Crippen molar-refractivity contribution in [1.82, 2.24) is 9.80 Å². The molecular formula is C18H26N2O2S. The Bertz CT molecular complexity index is 532. The zero-order valence-corrected chi connectivity index (χ0v) is 15.1. The van der Waals surface area contributed by atoms with Crippen molar-refractivity contribution in [2.45, 2.75) is 32.1 Å². The number of hydrogen-bond acceptors (Lipinski definition) is 3. The lowest BCUT2D eigenvalue weighted by atomic mass is 9.94. The van der Waals surface area contributed by atoms with Crippen LogP contribution >= 0.6 is 11.8 Å². The normalized spacial score (nSPS) is 15.6. The third kappa shape index (κ3) is 5.27. The monoisotopic (exact) mass is 334 g/mol. The fourth-order valence-corrected chi connectivity index (χ4v) is 3.43. The first-order chi connectivity index (χ1) is 10.9. The maximum atomic E-state index is 12.3. The van der Waals surface area contributed by atoms with Crippen LogP contribution in [0.25, 0.3) is 0 Å². The maximum absolute atomic E-state index is 12.3. The van der Waals surface area contributed by atoms with Crippen LogP contribution in [-0.4, -0.2) is 53.5 Å². The number of carbonyl (C=O) groups is 2. The Labute approximate surface area is 143 Å². The SMILES string of the molecule is CC(C)(C)C(=O)N1CCN(C(=O)CCSc2ccccc2)CC1. The number of nitrogens with zero attached hydrogens (tertiary/aromatic N) is 2. The van der Waals surface area contributed by atoms with Gasteiger partial charge in [0.1, 0.15) is 0 Å². The van der Waals surface area contributed by atoms with Gasteiger partial charge >= 0.3 is 0 Å². The van der Waals surface area contributed by atoms with Gasteiger partial charge in [-0.25, -0.2) is 0 Å². The molecule has 1 aliphatic rings. The van der Waals surface area contributed by atoms with E-state index in [1.54, 1.807) is 11.8 Å². The summed E-state index contributed by atoms with van der Waals surface area (Å²) in [6.07, 6.45) is 0.548. The van der Waals surface area contributed by atoms with Gasteiger partial charge in [0.25, 0.3) is 0 Å². The summed E-state index contributed by atoms with van der Waals surface area (Å²) in [5, 5.41) is 0. The van der Waals surface area contributed by atoms with Crippen molar-refractivity contribution in [1.29, 1.82) is 0 Å². The molecule has 2 rings (SSSR count). The van der Waals surface area contributed by atoms with E-state index in [0.717, 1.165) is 5.75 Å². The lowest BCUT2D eigenvalue weighted by Crippen LogP contribution is -2.53. The molecule has 1 aromatic carbocycles. The molecule has 0 aromatic heterocycles. The molecule has 0 radical (unpaired) electrons. The molecule has 0 atom stereocenters. The van der Waals surface area contributed by atoms with Crippen LogP contribution in [0.4, 0.5) is 0 Å². The third-order valence-electron chi connectivity index (χ3n) is 3.89. The van der Waals surface area contributed by atoms with E-state index in [4.69, 9.17) is 0 Å². The van der Waals surface area contributed by atoms with Gasteiger partial charge in [0.05, 0.1) is 0 Å². The molecule has 1 fully saturated rings. The number of benzene rings is 1. The van der Waals surface area contributed by atoms with Crippen LogP contribution in [0.3, 0.4) is 0 Å². The van der Waals surface area contributed by atoms with Crippen LogP contribution in [0, 0.1) is 5.41 Å². The van der Waals surface area contributed by atoms with E-state index in [0.29, 0.717) is 32.6 Å². The molecule has 0 bridgehead atoms. The summed E-state index contributed by atoms with van der Waals surface area (Å²) < 4.78 is 0. The van der Waals surface area contributed by atoms with Gasteiger partial charge in [-0.1, -0.05) is 39.0 Å². The molecule has 1 aliphatic heterocycles. The highest BCUT2D eigenvalue weighted by Crippen LogP contribution is 2.20. The molecular weight excluding hydrogens is 308 g/mol. The molecule has 0 spiro atoms. The standard InChI is InChI=1S/C18H26N2O2S/c1-18(2,3)17(22)20-12-10-19(11-13-20)16(21)9-14-23-15-7-5-4-6-8-15/h4-8H,9-14H2,1-3H3. The first kappa shape index (κ1) is 17.9. The number of thioether (sulfide) groups is 1. The van der Waals surface area contributed by atoms with Crippen LogP contribution in [0.1, 0.15) is 27.2 Å². The average Bonchev–Trinajstić information content (AvgIpc) is 2.54. The summed E-state index contributed by atoms with van der Waals surface area (Å²) in [6, 6.07) is 10.1. The summed E-state index contributed by atoms with van der Waals surface area (Å²) in [6.45, 7) is 8.41. The van der Waals surface area contributed by atoms with Crippen LogP contribution in [0.5, 0.6) is 0 Å². The Morgan fingerprint density at radius 2 is 1.57 bits per heavy atom. The van der Waals surface area contributed by atoms with Gasteiger partial charge < -0.3 is 9.80 Å². The largest absolute Gasteiger partial charge is 0.339 e. The van der Waals surface area contributed by atoms with Crippen molar-refractivity contribution >= 4 is 23.6 Å². The van der Waals surface area contributed by atoms with Crippen LogP contribution < -0.4 is 0 Å². The van der Waals surface area contributed by atoms with E-state index in [-0.39, 0.29) is 17.2 Å². The van der Waals surface area contributed by atoms with Crippen LogP contribution in [0.15, 0.2) is 35.2 Å². The second-order valence-electron chi connectivity index (χ2n) is 6.83. The van der Waals surface area contributed by atoms with Crippen molar-refractivity contribution in [3.63, 3.8) is 0 Å². The van der Waals surface area contributed by atoms with Gasteiger partial charge in [0.2, 0.25) is 11.8 Å². The van der Waals surface area contributed by atoms with Gasteiger partial charge in [-0.2, -0.15) is 0 Å². The molecule has 2 amide bonds. The fourth-order valence-electron chi connectivity index (χ4n) is 2.56. The van der Waals surface area contributed by atoms with Crippen LogP contribution in [0.2, 0.25) is 0 Å². The van der Waals surface area contributed by atoms with E-state index in [1.807, 2.05) is 48.8 Å². The summed E-state index contributed by atoms with van der Waals surface area (Å²) in [4.78, 5) is 29.5. The van der Waals surface area contributed by atoms with Crippen molar-refractivity contribution < 1.29 is 9.59 Å². The molecule has 4 nitrogen and oxygen atoms in total. The Morgan fingerprint density at radius 3 is 2.13 bits per heavy atom. The highest BCUT2D eigenvalue weighted by molar-refractivity contribution is 7.99. The Balaban J connectivity index is 1.72. The minimum absolute atomic E-state index is 0.171. The minimum atomic E-state index is -0.349. The molecule has 23 heavy (non-hydrogen) atoms. The lowest BCUT2D eigenvalue weighted by Gasteiger charge is -2.37. The Morgan fingerprint density at radius 1 is 1.00 bits per heavy atom. The van der Waals surface area contributed by atoms with Crippen molar-refractivity contribution in [2.75, 3.05) is 31.9 Å². The van der Waals surface area contributed by atoms with E-state index >= 15 is 0 Å².